The van der Waals surface area contributed by atoms with Gasteiger partial charge in [-0.25, -0.2) is 0 Å². The summed E-state index contributed by atoms with van der Waals surface area (Å²) < 4.78 is 41.1. The number of rotatable bonds is 8. The lowest BCUT2D eigenvalue weighted by Crippen LogP contribution is -2.15. The van der Waals surface area contributed by atoms with Gasteiger partial charge in [0.25, 0.3) is 0 Å². The van der Waals surface area contributed by atoms with Crippen molar-refractivity contribution in [2.45, 2.75) is 104 Å². The molecule has 0 unspecified atom stereocenters. The number of oxime groups is 1. The van der Waals surface area contributed by atoms with Crippen molar-refractivity contribution >= 4 is 5.71 Å². The highest BCUT2D eigenvalue weighted by molar-refractivity contribution is 5.98. The summed E-state index contributed by atoms with van der Waals surface area (Å²) in [7, 11) is 0. The largest absolute Gasteiger partial charge is 0.416 e. The molecule has 2 aromatic carbocycles. The van der Waals surface area contributed by atoms with E-state index in [1.165, 1.54) is 18.9 Å². The minimum Gasteiger partial charge on any atom is -0.392 e. The second-order valence-corrected chi connectivity index (χ2v) is 9.20. The maximum Gasteiger partial charge on any atom is 0.416 e. The normalized spacial score (nSPS) is 14.9. The molecule has 1 fully saturated rings. The highest BCUT2D eigenvalue weighted by Crippen LogP contribution is 2.41. The first-order valence-corrected chi connectivity index (χ1v) is 12.8. The van der Waals surface area contributed by atoms with Crippen molar-refractivity contribution in [2.24, 2.45) is 5.16 Å². The van der Waals surface area contributed by atoms with E-state index >= 15 is 0 Å². The van der Waals surface area contributed by atoms with Crippen LogP contribution in [0, 0.1) is 0 Å². The predicted octanol–water partition coefficient (Wildman–Crippen LogP) is 8.56. The smallest absolute Gasteiger partial charge is 0.392 e. The molecule has 3 rings (SSSR count). The van der Waals surface area contributed by atoms with Crippen molar-refractivity contribution in [1.82, 2.24) is 0 Å². The van der Waals surface area contributed by atoms with Crippen LogP contribution in [0.3, 0.4) is 0 Å². The number of aryl methyl sites for hydroxylation is 1. The average molecular weight is 492 g/mol. The predicted molar refractivity (Wildman–Crippen MR) is 137 cm³/mol. The van der Waals surface area contributed by atoms with Gasteiger partial charge in [-0.3, -0.25) is 0 Å². The minimum absolute atomic E-state index is 0.0183. The molecule has 1 saturated carbocycles. The van der Waals surface area contributed by atoms with E-state index in [2.05, 4.69) is 19.0 Å². The van der Waals surface area contributed by atoms with Gasteiger partial charge in [0.05, 0.1) is 17.9 Å². The average Bonchev–Trinajstić information content (AvgIpc) is 2.88. The lowest BCUT2D eigenvalue weighted by atomic mass is 9.81. The van der Waals surface area contributed by atoms with E-state index in [0.717, 1.165) is 55.2 Å². The topological polar surface area (TPSA) is 41.8 Å². The number of unbranched alkanes of at least 4 members (excludes halogenated alkanes) is 1. The van der Waals surface area contributed by atoms with Crippen molar-refractivity contribution in [3.8, 4) is 0 Å². The number of hydrogen-bond acceptors (Lipinski definition) is 3. The van der Waals surface area contributed by atoms with Crippen LogP contribution in [0.15, 0.2) is 41.6 Å². The number of halogens is 3. The summed E-state index contributed by atoms with van der Waals surface area (Å²) in [6.45, 7) is 8.12. The number of benzene rings is 2. The molecule has 0 radical (unpaired) electrons. The standard InChI is InChI=1S/C25H30F3NO2.C4H10/c1-3-19-14-21(10-11-22(19)15-30)17(2)29-31-16-18-9-12-23(20-7-5-4-6-8-20)24(13-18)25(26,27)28;1-3-4-2/h9-14,20,30H,3-8,15-16H2,1-2H3;3-4H2,1-2H3/b29-17+;. The first kappa shape index (κ1) is 28.9. The SMILES string of the molecule is CCCC.CCc1cc(/C(C)=N/OCc2ccc(C3CCCCC3)c(C(F)(F)F)c2)ccc1CO. The van der Waals surface area contributed by atoms with Crippen molar-refractivity contribution in [1.29, 1.82) is 0 Å². The van der Waals surface area contributed by atoms with Gasteiger partial charge >= 0.3 is 6.18 Å². The summed E-state index contributed by atoms with van der Waals surface area (Å²) in [5.41, 5.74) is 3.71. The molecule has 0 aliphatic heterocycles. The number of aliphatic hydroxyl groups excluding tert-OH is 1. The molecule has 0 aromatic heterocycles. The molecule has 194 valence electrons. The Bertz CT molecular complexity index is 945. The summed E-state index contributed by atoms with van der Waals surface area (Å²) in [6, 6.07) is 10.2. The van der Waals surface area contributed by atoms with Gasteiger partial charge in [-0.15, -0.1) is 0 Å². The number of hydrogen-bond donors (Lipinski definition) is 1. The fourth-order valence-corrected chi connectivity index (χ4v) is 4.30. The third-order valence-electron chi connectivity index (χ3n) is 6.58. The molecule has 0 spiro atoms. The molecule has 0 atom stereocenters. The van der Waals surface area contributed by atoms with Crippen LogP contribution in [0.5, 0.6) is 0 Å². The van der Waals surface area contributed by atoms with Crippen molar-refractivity contribution in [2.75, 3.05) is 0 Å². The van der Waals surface area contributed by atoms with E-state index in [9.17, 15) is 18.3 Å². The maximum atomic E-state index is 13.7. The fourth-order valence-electron chi connectivity index (χ4n) is 4.30. The van der Waals surface area contributed by atoms with Gasteiger partial charge in [0, 0.05) is 0 Å². The zero-order valence-electron chi connectivity index (χ0n) is 21.5. The molecule has 35 heavy (non-hydrogen) atoms. The van der Waals surface area contributed by atoms with Crippen LogP contribution < -0.4 is 0 Å². The summed E-state index contributed by atoms with van der Waals surface area (Å²) >= 11 is 0. The van der Waals surface area contributed by atoms with Crippen LogP contribution >= 0.6 is 0 Å². The van der Waals surface area contributed by atoms with Crippen LogP contribution in [-0.4, -0.2) is 10.8 Å². The Labute approximate surface area is 208 Å². The Morgan fingerprint density at radius 2 is 1.66 bits per heavy atom. The zero-order chi connectivity index (χ0) is 25.8. The van der Waals surface area contributed by atoms with Gasteiger partial charge in [-0.05, 0) is 72.1 Å². The molecule has 0 saturated heterocycles. The molecule has 0 bridgehead atoms. The van der Waals surface area contributed by atoms with Gasteiger partial charge < -0.3 is 9.94 Å². The third kappa shape index (κ3) is 8.68. The van der Waals surface area contributed by atoms with E-state index in [4.69, 9.17) is 4.84 Å². The molecule has 3 nitrogen and oxygen atoms in total. The van der Waals surface area contributed by atoms with Crippen LogP contribution in [0.4, 0.5) is 13.2 Å². The van der Waals surface area contributed by atoms with Crippen LogP contribution in [0.25, 0.3) is 0 Å². The molecule has 1 aliphatic carbocycles. The second-order valence-electron chi connectivity index (χ2n) is 9.20. The minimum atomic E-state index is -4.38. The van der Waals surface area contributed by atoms with Gasteiger partial charge in [-0.1, -0.05) is 82.3 Å². The molecular formula is C29H40F3NO2. The lowest BCUT2D eigenvalue weighted by molar-refractivity contribution is -0.138. The Balaban J connectivity index is 0.00000100. The van der Waals surface area contributed by atoms with Crippen molar-refractivity contribution in [3.63, 3.8) is 0 Å². The molecule has 1 N–H and O–H groups in total. The van der Waals surface area contributed by atoms with E-state index < -0.39 is 11.7 Å². The quantitative estimate of drug-likeness (QED) is 0.297. The highest BCUT2D eigenvalue weighted by Gasteiger charge is 2.35. The van der Waals surface area contributed by atoms with Gasteiger partial charge in [-0.2, -0.15) is 13.2 Å². The molecule has 0 heterocycles. The fraction of sp³-hybridized carbons (Fsp3) is 0.552. The summed E-state index contributed by atoms with van der Waals surface area (Å²) in [5.74, 6) is -0.0183. The molecule has 1 aliphatic rings. The van der Waals surface area contributed by atoms with E-state index in [-0.39, 0.29) is 19.1 Å². The Morgan fingerprint density at radius 3 is 2.23 bits per heavy atom. The van der Waals surface area contributed by atoms with Crippen molar-refractivity contribution < 1.29 is 23.1 Å². The van der Waals surface area contributed by atoms with Crippen LogP contribution in [-0.2, 0) is 30.6 Å². The van der Waals surface area contributed by atoms with Crippen LogP contribution in [0.2, 0.25) is 0 Å². The van der Waals surface area contributed by atoms with Gasteiger partial charge in [0.15, 0.2) is 0 Å². The first-order valence-electron chi connectivity index (χ1n) is 12.8. The summed E-state index contributed by atoms with van der Waals surface area (Å²) in [5, 5.41) is 13.5. The Morgan fingerprint density at radius 1 is 0.971 bits per heavy atom. The number of nitrogens with zero attached hydrogens (tertiary/aromatic N) is 1. The zero-order valence-corrected chi connectivity index (χ0v) is 21.5. The number of aliphatic hydroxyl groups is 1. The lowest BCUT2D eigenvalue weighted by Gasteiger charge is -2.25. The van der Waals surface area contributed by atoms with E-state index in [1.54, 1.807) is 19.1 Å². The van der Waals surface area contributed by atoms with E-state index in [0.29, 0.717) is 16.8 Å². The summed E-state index contributed by atoms with van der Waals surface area (Å²) in [4.78, 5) is 5.39. The Hall–Kier alpha value is -2.34. The van der Waals surface area contributed by atoms with Crippen LogP contribution in [0.1, 0.15) is 112 Å². The monoisotopic (exact) mass is 491 g/mol. The third-order valence-corrected chi connectivity index (χ3v) is 6.58. The second kappa shape index (κ2) is 14.3. The molecule has 2 aromatic rings. The Kier molecular flexibility index (Phi) is 11.8. The number of alkyl halides is 3. The highest BCUT2D eigenvalue weighted by atomic mass is 19.4. The molecular weight excluding hydrogens is 451 g/mol. The maximum absolute atomic E-state index is 13.7. The summed E-state index contributed by atoms with van der Waals surface area (Å²) in [6.07, 6.45) is 3.75. The molecule has 6 heteroatoms. The van der Waals surface area contributed by atoms with Gasteiger partial charge in [0.1, 0.15) is 6.61 Å². The van der Waals surface area contributed by atoms with Gasteiger partial charge in [0.2, 0.25) is 0 Å². The first-order chi connectivity index (χ1) is 16.7. The van der Waals surface area contributed by atoms with Crippen molar-refractivity contribution in [3.05, 3.63) is 69.8 Å². The molecule has 0 amide bonds. The van der Waals surface area contributed by atoms with E-state index in [1.807, 2.05) is 25.1 Å².